The first kappa shape index (κ1) is 12.6. The van der Waals surface area contributed by atoms with Crippen molar-refractivity contribution in [3.8, 4) is 0 Å². The summed E-state index contributed by atoms with van der Waals surface area (Å²) in [5.41, 5.74) is -0.594. The lowest BCUT2D eigenvalue weighted by Crippen LogP contribution is -2.20. The van der Waals surface area contributed by atoms with Gasteiger partial charge in [-0.15, -0.1) is 0 Å². The van der Waals surface area contributed by atoms with Gasteiger partial charge in [-0.2, -0.15) is 0 Å². The summed E-state index contributed by atoms with van der Waals surface area (Å²) in [5, 5.41) is 2.25. The number of para-hydroxylation sites is 1. The van der Waals surface area contributed by atoms with Gasteiger partial charge in [0.25, 0.3) is 0 Å². The van der Waals surface area contributed by atoms with Crippen molar-refractivity contribution in [3.05, 3.63) is 29.8 Å². The zero-order valence-corrected chi connectivity index (χ0v) is 9.60. The van der Waals surface area contributed by atoms with E-state index in [0.717, 1.165) is 12.1 Å². The molecule has 0 aliphatic carbocycles. The highest BCUT2D eigenvalue weighted by Gasteiger charge is 2.18. The Balaban J connectivity index is 2.78. The third-order valence-corrected chi connectivity index (χ3v) is 1.92. The van der Waals surface area contributed by atoms with Gasteiger partial charge in [0.1, 0.15) is 17.3 Å². The van der Waals surface area contributed by atoms with E-state index in [1.165, 1.54) is 6.07 Å². The standard InChI is InChI=1S/C12H15F2NO/c1-12(2,3)7-10(16)15-11-8(13)5-4-6-9(11)14/h4-6H,7H2,1-3H3,(H,15,16). The molecule has 0 bridgehead atoms. The van der Waals surface area contributed by atoms with Crippen LogP contribution < -0.4 is 5.32 Å². The van der Waals surface area contributed by atoms with Gasteiger partial charge in [-0.3, -0.25) is 4.79 Å². The minimum atomic E-state index is -0.762. The zero-order valence-electron chi connectivity index (χ0n) is 9.60. The van der Waals surface area contributed by atoms with E-state index < -0.39 is 17.5 Å². The zero-order chi connectivity index (χ0) is 12.3. The van der Waals surface area contributed by atoms with Crippen molar-refractivity contribution < 1.29 is 13.6 Å². The van der Waals surface area contributed by atoms with Gasteiger partial charge >= 0.3 is 0 Å². The number of carbonyl (C=O) groups is 1. The van der Waals surface area contributed by atoms with Gasteiger partial charge in [0.05, 0.1) is 0 Å². The highest BCUT2D eigenvalue weighted by molar-refractivity contribution is 5.91. The van der Waals surface area contributed by atoms with Gasteiger partial charge in [-0.1, -0.05) is 26.8 Å². The molecule has 0 aliphatic heterocycles. The Kier molecular flexibility index (Phi) is 3.62. The van der Waals surface area contributed by atoms with E-state index in [4.69, 9.17) is 0 Å². The number of benzene rings is 1. The van der Waals surface area contributed by atoms with Crippen LogP contribution in [0.1, 0.15) is 27.2 Å². The SMILES string of the molecule is CC(C)(C)CC(=O)Nc1c(F)cccc1F. The van der Waals surface area contributed by atoms with Crippen LogP contribution in [0.5, 0.6) is 0 Å². The van der Waals surface area contributed by atoms with Crippen LogP contribution in [0.25, 0.3) is 0 Å². The summed E-state index contributed by atoms with van der Waals surface area (Å²) < 4.78 is 26.4. The quantitative estimate of drug-likeness (QED) is 0.824. The van der Waals surface area contributed by atoms with E-state index >= 15 is 0 Å². The summed E-state index contributed by atoms with van der Waals surface area (Å²) in [6.07, 6.45) is 0.209. The maximum Gasteiger partial charge on any atom is 0.225 e. The number of nitrogens with one attached hydrogen (secondary N) is 1. The van der Waals surface area contributed by atoms with E-state index in [1.807, 2.05) is 20.8 Å². The molecule has 0 atom stereocenters. The van der Waals surface area contributed by atoms with Crippen LogP contribution in [-0.4, -0.2) is 5.91 Å². The number of halogens is 2. The Morgan fingerprint density at radius 1 is 1.25 bits per heavy atom. The number of anilines is 1. The van der Waals surface area contributed by atoms with Crippen molar-refractivity contribution in [1.29, 1.82) is 0 Å². The molecule has 1 rings (SSSR count). The fourth-order valence-electron chi connectivity index (χ4n) is 1.28. The number of hydrogen-bond donors (Lipinski definition) is 1. The molecule has 0 spiro atoms. The number of amides is 1. The van der Waals surface area contributed by atoms with Crippen molar-refractivity contribution in [3.63, 3.8) is 0 Å². The average Bonchev–Trinajstić information content (AvgIpc) is 2.08. The lowest BCUT2D eigenvalue weighted by molar-refractivity contribution is -0.117. The molecule has 2 nitrogen and oxygen atoms in total. The second kappa shape index (κ2) is 4.60. The van der Waals surface area contributed by atoms with Gasteiger partial charge < -0.3 is 5.32 Å². The van der Waals surface area contributed by atoms with Crippen molar-refractivity contribution in [2.75, 3.05) is 5.32 Å². The van der Waals surface area contributed by atoms with Crippen LogP contribution in [0.3, 0.4) is 0 Å². The molecule has 1 aromatic carbocycles. The van der Waals surface area contributed by atoms with Gasteiger partial charge in [0, 0.05) is 6.42 Å². The van der Waals surface area contributed by atoms with Crippen LogP contribution in [-0.2, 0) is 4.79 Å². The molecule has 0 unspecified atom stereocenters. The summed E-state index contributed by atoms with van der Waals surface area (Å²) in [7, 11) is 0. The van der Waals surface area contributed by atoms with E-state index in [1.54, 1.807) is 0 Å². The summed E-state index contributed by atoms with van der Waals surface area (Å²) in [6.45, 7) is 5.64. The Bertz CT molecular complexity index is 376. The Hall–Kier alpha value is -1.45. The number of rotatable bonds is 2. The molecule has 4 heteroatoms. The van der Waals surface area contributed by atoms with Crippen molar-refractivity contribution in [2.45, 2.75) is 27.2 Å². The fraction of sp³-hybridized carbons (Fsp3) is 0.417. The normalized spacial score (nSPS) is 11.3. The highest BCUT2D eigenvalue weighted by atomic mass is 19.1. The topological polar surface area (TPSA) is 29.1 Å². The molecule has 0 aliphatic rings. The molecule has 0 saturated carbocycles. The van der Waals surface area contributed by atoms with Crippen LogP contribution in [0.2, 0.25) is 0 Å². The summed E-state index contributed by atoms with van der Waals surface area (Å²) in [4.78, 5) is 11.5. The first-order valence-electron chi connectivity index (χ1n) is 5.03. The Morgan fingerprint density at radius 2 is 1.75 bits per heavy atom. The minimum Gasteiger partial charge on any atom is -0.321 e. The summed E-state index contributed by atoms with van der Waals surface area (Å²) >= 11 is 0. The summed E-state index contributed by atoms with van der Waals surface area (Å²) in [6, 6.07) is 3.47. The van der Waals surface area contributed by atoms with Crippen LogP contribution in [0, 0.1) is 17.0 Å². The predicted molar refractivity (Wildman–Crippen MR) is 59.1 cm³/mol. The molecule has 0 saturated heterocycles. The van der Waals surface area contributed by atoms with Crippen molar-refractivity contribution in [1.82, 2.24) is 0 Å². The van der Waals surface area contributed by atoms with Crippen molar-refractivity contribution in [2.24, 2.45) is 5.41 Å². The summed E-state index contributed by atoms with van der Waals surface area (Å²) in [5.74, 6) is -1.92. The number of carbonyl (C=O) groups excluding carboxylic acids is 1. The monoisotopic (exact) mass is 227 g/mol. The molecule has 0 fully saturated rings. The lowest BCUT2D eigenvalue weighted by Gasteiger charge is -2.17. The maximum atomic E-state index is 13.2. The second-order valence-electron chi connectivity index (χ2n) is 4.88. The van der Waals surface area contributed by atoms with E-state index in [0.29, 0.717) is 0 Å². The van der Waals surface area contributed by atoms with Crippen molar-refractivity contribution >= 4 is 11.6 Å². The van der Waals surface area contributed by atoms with Gasteiger partial charge in [0.2, 0.25) is 5.91 Å². The molecular weight excluding hydrogens is 212 g/mol. The fourth-order valence-corrected chi connectivity index (χ4v) is 1.28. The first-order chi connectivity index (χ1) is 7.29. The Morgan fingerprint density at radius 3 is 2.19 bits per heavy atom. The molecule has 0 aromatic heterocycles. The molecule has 1 aromatic rings. The van der Waals surface area contributed by atoms with E-state index in [2.05, 4.69) is 5.32 Å². The molecular formula is C12H15F2NO. The van der Waals surface area contributed by atoms with Gasteiger partial charge in [0.15, 0.2) is 0 Å². The molecule has 1 amide bonds. The van der Waals surface area contributed by atoms with Crippen LogP contribution >= 0.6 is 0 Å². The van der Waals surface area contributed by atoms with Crippen LogP contribution in [0.4, 0.5) is 14.5 Å². The second-order valence-corrected chi connectivity index (χ2v) is 4.88. The first-order valence-corrected chi connectivity index (χ1v) is 5.03. The number of hydrogen-bond acceptors (Lipinski definition) is 1. The third kappa shape index (κ3) is 3.61. The smallest absolute Gasteiger partial charge is 0.225 e. The largest absolute Gasteiger partial charge is 0.321 e. The average molecular weight is 227 g/mol. The van der Waals surface area contributed by atoms with Gasteiger partial charge in [-0.25, -0.2) is 8.78 Å². The molecule has 88 valence electrons. The maximum absolute atomic E-state index is 13.2. The highest BCUT2D eigenvalue weighted by Crippen LogP contribution is 2.22. The van der Waals surface area contributed by atoms with Crippen LogP contribution in [0.15, 0.2) is 18.2 Å². The van der Waals surface area contributed by atoms with E-state index in [9.17, 15) is 13.6 Å². The van der Waals surface area contributed by atoms with Gasteiger partial charge in [-0.05, 0) is 17.5 Å². The molecule has 16 heavy (non-hydrogen) atoms. The lowest BCUT2D eigenvalue weighted by atomic mass is 9.92. The molecule has 0 radical (unpaired) electrons. The van der Waals surface area contributed by atoms with E-state index in [-0.39, 0.29) is 17.5 Å². The third-order valence-electron chi connectivity index (χ3n) is 1.92. The Labute approximate surface area is 93.7 Å². The predicted octanol–water partition coefficient (Wildman–Crippen LogP) is 3.34. The molecule has 1 N–H and O–H groups in total. The minimum absolute atomic E-state index is 0.209. The molecule has 0 heterocycles.